The molecule has 0 unspecified atom stereocenters. The van der Waals surface area contributed by atoms with E-state index >= 15 is 0 Å². The van der Waals surface area contributed by atoms with Gasteiger partial charge in [0, 0.05) is 75.4 Å². The van der Waals surface area contributed by atoms with Crippen LogP contribution in [0.4, 0.5) is 11.4 Å². The molecule has 60 heavy (non-hydrogen) atoms. The fourth-order valence-electron chi connectivity index (χ4n) is 8.70. The van der Waals surface area contributed by atoms with Gasteiger partial charge in [-0.2, -0.15) is 0 Å². The van der Waals surface area contributed by atoms with Gasteiger partial charge in [-0.1, -0.05) is 112 Å². The van der Waals surface area contributed by atoms with Crippen molar-refractivity contribution in [3.8, 4) is 34.1 Å². The predicted molar refractivity (Wildman–Crippen MR) is 249 cm³/mol. The van der Waals surface area contributed by atoms with Crippen LogP contribution >= 0.6 is 0 Å². The Balaban J connectivity index is 1.06. The zero-order valence-corrected chi connectivity index (χ0v) is 33.8. The van der Waals surface area contributed by atoms with Crippen LogP contribution in [0.25, 0.3) is 66.2 Å². The van der Waals surface area contributed by atoms with Crippen molar-refractivity contribution >= 4 is 55.0 Å². The summed E-state index contributed by atoms with van der Waals surface area (Å²) in [4.78, 5) is 9.75. The van der Waals surface area contributed by atoms with E-state index in [1.54, 1.807) is 0 Å². The number of hydrogen-bond donors (Lipinski definition) is 0. The van der Waals surface area contributed by atoms with E-state index in [9.17, 15) is 0 Å². The van der Waals surface area contributed by atoms with E-state index in [0.29, 0.717) is 6.67 Å². The third kappa shape index (κ3) is 6.16. The Morgan fingerprint density at radius 2 is 1.10 bits per heavy atom. The Labute approximate surface area is 349 Å². The first-order valence-corrected chi connectivity index (χ1v) is 20.5. The molecule has 1 aliphatic rings. The van der Waals surface area contributed by atoms with Crippen LogP contribution in [0.15, 0.2) is 195 Å². The zero-order chi connectivity index (χ0) is 40.4. The first-order valence-electron chi connectivity index (χ1n) is 20.5. The number of fused-ring (bicyclic) bond motifs is 6. The lowest BCUT2D eigenvalue weighted by molar-refractivity contribution is 0.479. The first-order chi connectivity index (χ1) is 29.4. The van der Waals surface area contributed by atoms with E-state index < -0.39 is 0 Å². The van der Waals surface area contributed by atoms with E-state index in [0.717, 1.165) is 72.6 Å². The number of nitrogens with zero attached hydrogens (tertiary/aromatic N) is 5. The van der Waals surface area contributed by atoms with Crippen LogP contribution in [0, 0.1) is 0 Å². The summed E-state index contributed by atoms with van der Waals surface area (Å²) in [5, 5.41) is 4.58. The van der Waals surface area contributed by atoms with E-state index in [4.69, 9.17) is 9.72 Å². The molecule has 0 saturated carbocycles. The molecule has 4 heterocycles. The summed E-state index contributed by atoms with van der Waals surface area (Å²) in [6.07, 6.45) is 6.32. The van der Waals surface area contributed by atoms with Crippen LogP contribution in [0.3, 0.4) is 0 Å². The average Bonchev–Trinajstić information content (AvgIpc) is 4.00. The third-order valence-corrected chi connectivity index (χ3v) is 11.8. The minimum atomic E-state index is -0.0873. The SMILES string of the molecule is CC(C)(C)c1cc(Oc2ccc3c4cc(-c5ccccc5)ccc4n(-c4cc5c(cn4)c4ccccc4n5-c4ccccc4)c3c2)cc(N2C=CN(c3ccccc3)C2)c1. The van der Waals surface area contributed by atoms with Crippen molar-refractivity contribution in [3.63, 3.8) is 0 Å². The lowest BCUT2D eigenvalue weighted by atomic mass is 9.86. The molecule has 0 bridgehead atoms. The molecule has 0 saturated heterocycles. The maximum absolute atomic E-state index is 6.90. The Bertz CT molecular complexity index is 3250. The summed E-state index contributed by atoms with van der Waals surface area (Å²) in [5.74, 6) is 2.39. The van der Waals surface area contributed by atoms with Crippen LogP contribution in [-0.4, -0.2) is 20.8 Å². The van der Waals surface area contributed by atoms with Crippen molar-refractivity contribution in [1.82, 2.24) is 14.1 Å². The average molecular weight is 778 g/mol. The highest BCUT2D eigenvalue weighted by Crippen LogP contribution is 2.40. The van der Waals surface area contributed by atoms with Gasteiger partial charge >= 0.3 is 0 Å². The number of hydrogen-bond acceptors (Lipinski definition) is 4. The summed E-state index contributed by atoms with van der Waals surface area (Å²) < 4.78 is 11.5. The summed E-state index contributed by atoms with van der Waals surface area (Å²) in [6, 6.07) is 62.3. The van der Waals surface area contributed by atoms with E-state index in [1.807, 2.05) is 6.20 Å². The van der Waals surface area contributed by atoms with Gasteiger partial charge in [-0.25, -0.2) is 4.98 Å². The van der Waals surface area contributed by atoms with Gasteiger partial charge in [-0.15, -0.1) is 0 Å². The molecule has 0 N–H and O–H groups in total. The van der Waals surface area contributed by atoms with Crippen molar-refractivity contribution in [3.05, 3.63) is 200 Å². The van der Waals surface area contributed by atoms with Gasteiger partial charge in [-0.3, -0.25) is 4.57 Å². The van der Waals surface area contributed by atoms with E-state index in [1.165, 1.54) is 22.1 Å². The number of rotatable bonds is 7. The highest BCUT2D eigenvalue weighted by atomic mass is 16.5. The van der Waals surface area contributed by atoms with Gasteiger partial charge in [0.05, 0.1) is 28.7 Å². The number of aromatic nitrogens is 3. The molecule has 7 aromatic carbocycles. The normalized spacial score (nSPS) is 13.1. The van der Waals surface area contributed by atoms with Gasteiger partial charge < -0.3 is 19.1 Å². The van der Waals surface area contributed by atoms with Crippen molar-refractivity contribution < 1.29 is 4.74 Å². The van der Waals surface area contributed by atoms with Gasteiger partial charge in [-0.05, 0) is 88.8 Å². The maximum Gasteiger partial charge on any atom is 0.139 e. The van der Waals surface area contributed by atoms with Crippen molar-refractivity contribution in [2.24, 2.45) is 0 Å². The first kappa shape index (κ1) is 35.6. The number of benzene rings is 7. The lowest BCUT2D eigenvalue weighted by Crippen LogP contribution is -2.25. The molecule has 6 nitrogen and oxygen atoms in total. The molecular weight excluding hydrogens is 735 g/mol. The molecule has 0 atom stereocenters. The fraction of sp³-hybridized carbons (Fsp3) is 0.0926. The summed E-state index contributed by atoms with van der Waals surface area (Å²) in [5.41, 5.74) is 11.2. The van der Waals surface area contributed by atoms with Gasteiger partial charge in [0.25, 0.3) is 0 Å². The minimum Gasteiger partial charge on any atom is -0.457 e. The van der Waals surface area contributed by atoms with Crippen molar-refractivity contribution in [1.29, 1.82) is 0 Å². The Morgan fingerprint density at radius 3 is 1.87 bits per heavy atom. The van der Waals surface area contributed by atoms with Crippen LogP contribution in [-0.2, 0) is 5.41 Å². The van der Waals surface area contributed by atoms with Gasteiger partial charge in [0.1, 0.15) is 17.3 Å². The topological polar surface area (TPSA) is 38.5 Å². The minimum absolute atomic E-state index is 0.0873. The smallest absolute Gasteiger partial charge is 0.139 e. The lowest BCUT2D eigenvalue weighted by Gasteiger charge is -2.26. The Kier molecular flexibility index (Phi) is 8.34. The quantitative estimate of drug-likeness (QED) is 0.162. The Hall–Kier alpha value is -7.57. The summed E-state index contributed by atoms with van der Waals surface area (Å²) >= 11 is 0. The second-order valence-corrected chi connectivity index (χ2v) is 16.6. The summed E-state index contributed by atoms with van der Waals surface area (Å²) in [7, 11) is 0. The molecule has 0 spiro atoms. The second-order valence-electron chi connectivity index (χ2n) is 16.6. The largest absolute Gasteiger partial charge is 0.457 e. The standard InChI is InChI=1S/C54H43N5O/c1-54(2,3)39-30-42(57-28-27-56(36-57)40-17-9-5-10-18-40)32-44(31-39)60-43-24-25-46-47-29-38(37-15-7-4-8-16-37)23-26-50(47)59(51(46)33-43)53-34-52-48(35-55-53)45-21-13-14-22-49(45)58(52)41-19-11-6-12-20-41/h4-35H,36H2,1-3H3. The summed E-state index contributed by atoms with van der Waals surface area (Å²) in [6.45, 7) is 7.47. The van der Waals surface area contributed by atoms with E-state index in [2.05, 4.69) is 228 Å². The molecule has 11 rings (SSSR count). The molecule has 6 heteroatoms. The number of pyridine rings is 1. The predicted octanol–water partition coefficient (Wildman–Crippen LogP) is 13.8. The van der Waals surface area contributed by atoms with Crippen LogP contribution in [0.1, 0.15) is 26.3 Å². The van der Waals surface area contributed by atoms with Crippen molar-refractivity contribution in [2.75, 3.05) is 16.5 Å². The maximum atomic E-state index is 6.90. The number of para-hydroxylation sites is 3. The molecular formula is C54H43N5O. The molecule has 1 aliphatic heterocycles. The van der Waals surface area contributed by atoms with E-state index in [-0.39, 0.29) is 5.41 Å². The molecule has 290 valence electrons. The Morgan fingerprint density at radius 1 is 0.450 bits per heavy atom. The third-order valence-electron chi connectivity index (χ3n) is 11.8. The van der Waals surface area contributed by atoms with Gasteiger partial charge in [0.15, 0.2) is 0 Å². The number of anilines is 2. The highest BCUT2D eigenvalue weighted by molar-refractivity contribution is 6.12. The zero-order valence-electron chi connectivity index (χ0n) is 33.8. The monoisotopic (exact) mass is 777 g/mol. The second kappa shape index (κ2) is 14.1. The molecule has 10 aromatic rings. The van der Waals surface area contributed by atoms with Crippen molar-refractivity contribution in [2.45, 2.75) is 26.2 Å². The molecule has 0 fully saturated rings. The molecule has 3 aromatic heterocycles. The molecule has 0 amide bonds. The highest BCUT2D eigenvalue weighted by Gasteiger charge is 2.22. The fourth-order valence-corrected chi connectivity index (χ4v) is 8.70. The molecule has 0 radical (unpaired) electrons. The van der Waals surface area contributed by atoms with Gasteiger partial charge in [0.2, 0.25) is 0 Å². The van der Waals surface area contributed by atoms with Crippen LogP contribution < -0.4 is 14.5 Å². The number of ether oxygens (including phenoxy) is 1. The van der Waals surface area contributed by atoms with Crippen LogP contribution in [0.5, 0.6) is 11.5 Å². The van der Waals surface area contributed by atoms with Crippen LogP contribution in [0.2, 0.25) is 0 Å². The molecule has 0 aliphatic carbocycles.